The van der Waals surface area contributed by atoms with Crippen LogP contribution in [0, 0.1) is 5.92 Å². The number of rotatable bonds is 4. The summed E-state index contributed by atoms with van der Waals surface area (Å²) in [6.07, 6.45) is 3.62. The summed E-state index contributed by atoms with van der Waals surface area (Å²) in [5.74, 6) is 1.14. The Balaban J connectivity index is 2.89. The summed E-state index contributed by atoms with van der Waals surface area (Å²) in [5.41, 5.74) is 2.40. The van der Waals surface area contributed by atoms with Gasteiger partial charge in [-0.2, -0.15) is 0 Å². The summed E-state index contributed by atoms with van der Waals surface area (Å²) in [7, 11) is 0. The van der Waals surface area contributed by atoms with Crippen molar-refractivity contribution in [1.29, 1.82) is 0 Å². The molecule has 1 unspecified atom stereocenters. The van der Waals surface area contributed by atoms with Gasteiger partial charge in [-0.15, -0.1) is 0 Å². The van der Waals surface area contributed by atoms with E-state index in [1.54, 1.807) is 0 Å². The molecule has 0 spiro atoms. The molecule has 1 aromatic carbocycles. The third-order valence-electron chi connectivity index (χ3n) is 3.23. The van der Waals surface area contributed by atoms with Gasteiger partial charge < -0.3 is 5.11 Å². The third-order valence-corrected chi connectivity index (χ3v) is 3.23. The maximum atomic E-state index is 9.91. The lowest BCUT2D eigenvalue weighted by atomic mass is 9.84. The molecule has 1 heteroatoms. The minimum absolute atomic E-state index is 0.00802. The predicted molar refractivity (Wildman–Crippen MR) is 74.6 cm³/mol. The smallest absolute Gasteiger partial charge is 0.119 e. The van der Waals surface area contributed by atoms with E-state index in [0.717, 1.165) is 17.9 Å². The summed E-state index contributed by atoms with van der Waals surface area (Å²) >= 11 is 0. The Bertz CT molecular complexity index is 360. The number of aromatic hydroxyl groups is 1. The second-order valence-electron chi connectivity index (χ2n) is 6.20. The summed E-state index contributed by atoms with van der Waals surface area (Å²) in [5, 5.41) is 9.91. The number of hydrogen-bond donors (Lipinski definition) is 1. The van der Waals surface area contributed by atoms with Crippen LogP contribution in [-0.4, -0.2) is 5.11 Å². The topological polar surface area (TPSA) is 20.2 Å². The fourth-order valence-electron chi connectivity index (χ4n) is 2.31. The standard InChI is InChI=1S/C16H26O/c1-6-7-12(2)10-13-8-9-15(17)14(11-13)16(3,4)5/h8-9,11-12,17H,6-7,10H2,1-5H3. The van der Waals surface area contributed by atoms with E-state index < -0.39 is 0 Å². The zero-order valence-electron chi connectivity index (χ0n) is 11.9. The first-order valence-corrected chi connectivity index (χ1v) is 6.67. The van der Waals surface area contributed by atoms with Gasteiger partial charge in [0, 0.05) is 0 Å². The summed E-state index contributed by atoms with van der Waals surface area (Å²) < 4.78 is 0. The van der Waals surface area contributed by atoms with Crippen molar-refractivity contribution >= 4 is 0 Å². The molecule has 0 bridgehead atoms. The highest BCUT2D eigenvalue weighted by Crippen LogP contribution is 2.31. The second-order valence-corrected chi connectivity index (χ2v) is 6.20. The second kappa shape index (κ2) is 5.57. The first-order chi connectivity index (χ1) is 7.84. The van der Waals surface area contributed by atoms with Crippen LogP contribution in [0.5, 0.6) is 5.75 Å². The average Bonchev–Trinajstić information content (AvgIpc) is 2.19. The molecule has 0 saturated carbocycles. The van der Waals surface area contributed by atoms with E-state index >= 15 is 0 Å². The monoisotopic (exact) mass is 234 g/mol. The van der Waals surface area contributed by atoms with E-state index in [-0.39, 0.29) is 5.41 Å². The van der Waals surface area contributed by atoms with Crippen molar-refractivity contribution in [3.63, 3.8) is 0 Å². The lowest BCUT2D eigenvalue weighted by Crippen LogP contribution is -2.12. The molecular weight excluding hydrogens is 208 g/mol. The molecule has 0 aliphatic heterocycles. The summed E-state index contributed by atoms with van der Waals surface area (Å²) in [4.78, 5) is 0. The molecule has 1 N–H and O–H groups in total. The van der Waals surface area contributed by atoms with Crippen LogP contribution in [0.2, 0.25) is 0 Å². The molecule has 0 radical (unpaired) electrons. The molecule has 0 aromatic heterocycles. The van der Waals surface area contributed by atoms with Gasteiger partial charge in [0.25, 0.3) is 0 Å². The maximum Gasteiger partial charge on any atom is 0.119 e. The van der Waals surface area contributed by atoms with Gasteiger partial charge in [-0.1, -0.05) is 59.6 Å². The van der Waals surface area contributed by atoms with Crippen molar-refractivity contribution in [2.24, 2.45) is 5.92 Å². The van der Waals surface area contributed by atoms with Crippen molar-refractivity contribution in [2.45, 2.75) is 59.3 Å². The average molecular weight is 234 g/mol. The number of phenolic OH excluding ortho intramolecular Hbond substituents is 1. The largest absolute Gasteiger partial charge is 0.508 e. The van der Waals surface area contributed by atoms with Gasteiger partial charge in [-0.05, 0) is 34.9 Å². The number of hydrogen-bond acceptors (Lipinski definition) is 1. The number of phenols is 1. The van der Waals surface area contributed by atoms with Crippen LogP contribution >= 0.6 is 0 Å². The van der Waals surface area contributed by atoms with E-state index in [9.17, 15) is 5.11 Å². The van der Waals surface area contributed by atoms with Crippen LogP contribution in [0.1, 0.15) is 58.6 Å². The summed E-state index contributed by atoms with van der Waals surface area (Å²) in [6.45, 7) is 10.9. The molecule has 1 atom stereocenters. The lowest BCUT2D eigenvalue weighted by Gasteiger charge is -2.22. The van der Waals surface area contributed by atoms with Crippen molar-refractivity contribution in [2.75, 3.05) is 0 Å². The molecule has 0 saturated heterocycles. The van der Waals surface area contributed by atoms with Crippen LogP contribution in [0.3, 0.4) is 0 Å². The fourth-order valence-corrected chi connectivity index (χ4v) is 2.31. The Morgan fingerprint density at radius 2 is 1.88 bits per heavy atom. The summed E-state index contributed by atoms with van der Waals surface area (Å²) in [6, 6.07) is 6.06. The van der Waals surface area contributed by atoms with Crippen LogP contribution in [-0.2, 0) is 11.8 Å². The van der Waals surface area contributed by atoms with Crippen LogP contribution < -0.4 is 0 Å². The van der Waals surface area contributed by atoms with E-state index in [1.807, 2.05) is 6.07 Å². The van der Waals surface area contributed by atoms with Crippen molar-refractivity contribution in [1.82, 2.24) is 0 Å². The SMILES string of the molecule is CCCC(C)Cc1ccc(O)c(C(C)(C)C)c1. The Morgan fingerprint density at radius 1 is 1.24 bits per heavy atom. The highest BCUT2D eigenvalue weighted by molar-refractivity contribution is 5.40. The van der Waals surface area contributed by atoms with Gasteiger partial charge in [-0.25, -0.2) is 0 Å². The molecule has 1 nitrogen and oxygen atoms in total. The molecule has 0 fully saturated rings. The van der Waals surface area contributed by atoms with Gasteiger partial charge in [-0.3, -0.25) is 0 Å². The molecule has 1 aromatic rings. The minimum atomic E-state index is 0.00802. The molecule has 1 rings (SSSR count). The van der Waals surface area contributed by atoms with E-state index in [4.69, 9.17) is 0 Å². The maximum absolute atomic E-state index is 9.91. The van der Waals surface area contributed by atoms with Gasteiger partial charge >= 0.3 is 0 Å². The zero-order valence-corrected chi connectivity index (χ0v) is 11.9. The van der Waals surface area contributed by atoms with Crippen molar-refractivity contribution in [3.05, 3.63) is 29.3 Å². The van der Waals surface area contributed by atoms with E-state index in [1.165, 1.54) is 18.4 Å². The van der Waals surface area contributed by atoms with Crippen molar-refractivity contribution in [3.8, 4) is 5.75 Å². The van der Waals surface area contributed by atoms with Crippen LogP contribution in [0.4, 0.5) is 0 Å². The Kier molecular flexibility index (Phi) is 4.62. The predicted octanol–water partition coefficient (Wildman–Crippen LogP) is 4.67. The van der Waals surface area contributed by atoms with Gasteiger partial charge in [0.2, 0.25) is 0 Å². The van der Waals surface area contributed by atoms with E-state index in [2.05, 4.69) is 46.8 Å². The molecule has 0 aliphatic carbocycles. The fraction of sp³-hybridized carbons (Fsp3) is 0.625. The highest BCUT2D eigenvalue weighted by Gasteiger charge is 2.18. The minimum Gasteiger partial charge on any atom is -0.508 e. The van der Waals surface area contributed by atoms with E-state index in [0.29, 0.717) is 5.75 Å². The molecule has 0 heterocycles. The molecule has 96 valence electrons. The van der Waals surface area contributed by atoms with Crippen LogP contribution in [0.15, 0.2) is 18.2 Å². The highest BCUT2D eigenvalue weighted by atomic mass is 16.3. The van der Waals surface area contributed by atoms with Gasteiger partial charge in [0.1, 0.15) is 5.75 Å². The lowest BCUT2D eigenvalue weighted by molar-refractivity contribution is 0.445. The Labute approximate surface area is 106 Å². The third kappa shape index (κ3) is 4.07. The van der Waals surface area contributed by atoms with Gasteiger partial charge in [0.05, 0.1) is 0 Å². The van der Waals surface area contributed by atoms with Crippen LogP contribution in [0.25, 0.3) is 0 Å². The quantitative estimate of drug-likeness (QED) is 0.802. The Hall–Kier alpha value is -0.980. The zero-order chi connectivity index (χ0) is 13.1. The first kappa shape index (κ1) is 14.1. The normalized spacial score (nSPS) is 13.7. The van der Waals surface area contributed by atoms with Crippen molar-refractivity contribution < 1.29 is 5.11 Å². The van der Waals surface area contributed by atoms with Gasteiger partial charge in [0.15, 0.2) is 0 Å². The molecule has 0 aliphatic rings. The molecular formula is C16H26O. The number of benzene rings is 1. The first-order valence-electron chi connectivity index (χ1n) is 6.67. The Morgan fingerprint density at radius 3 is 2.41 bits per heavy atom. The molecule has 0 amide bonds. The molecule has 17 heavy (non-hydrogen) atoms.